The van der Waals surface area contributed by atoms with Crippen molar-refractivity contribution < 1.29 is 0 Å². The van der Waals surface area contributed by atoms with E-state index >= 15 is 0 Å². The van der Waals surface area contributed by atoms with Crippen molar-refractivity contribution in [3.63, 3.8) is 0 Å². The average Bonchev–Trinajstić information content (AvgIpc) is 1.81. The third-order valence-corrected chi connectivity index (χ3v) is 1.19. The molecule has 8 heavy (non-hydrogen) atoms. The second-order valence-electron chi connectivity index (χ2n) is 1.40. The van der Waals surface area contributed by atoms with Crippen LogP contribution in [0.5, 0.6) is 0 Å². The van der Waals surface area contributed by atoms with Crippen LogP contribution in [0.15, 0.2) is 4.99 Å². The van der Waals surface area contributed by atoms with Gasteiger partial charge in [-0.2, -0.15) is 12.6 Å². The maximum atomic E-state index is 4.37. The molecule has 0 aliphatic carbocycles. The molecule has 0 aromatic heterocycles. The Morgan fingerprint density at radius 3 is 2.75 bits per heavy atom. The van der Waals surface area contributed by atoms with Gasteiger partial charge in [0.1, 0.15) is 0 Å². The number of aliphatic imine (C=N–C) groups is 1. The Bertz CT molecular complexity index is 86.4. The topological polar surface area (TPSA) is 12.4 Å². The molecule has 0 saturated carbocycles. The molecule has 0 unspecified atom stereocenters. The number of isothiocyanates is 1. The smallest absolute Gasteiger partial charge is 0.0584 e. The van der Waals surface area contributed by atoms with Crippen molar-refractivity contribution in [1.82, 2.24) is 0 Å². The minimum absolute atomic E-state index is 0.810. The fraction of sp³-hybridized carbons (Fsp3) is 0.800. The Morgan fingerprint density at radius 2 is 2.25 bits per heavy atom. The van der Waals surface area contributed by atoms with E-state index in [1.807, 2.05) is 0 Å². The zero-order chi connectivity index (χ0) is 6.24. The van der Waals surface area contributed by atoms with Crippen LogP contribution in [-0.4, -0.2) is 17.5 Å². The average molecular weight is 147 g/mol. The lowest BCUT2D eigenvalue weighted by Crippen LogP contribution is -1.80. The zero-order valence-electron chi connectivity index (χ0n) is 4.63. The van der Waals surface area contributed by atoms with Gasteiger partial charge in [-0.25, -0.2) is 4.99 Å². The van der Waals surface area contributed by atoms with Gasteiger partial charge >= 0.3 is 0 Å². The Labute approximate surface area is 60.6 Å². The summed E-state index contributed by atoms with van der Waals surface area (Å²) >= 11 is 8.40. The van der Waals surface area contributed by atoms with Crippen molar-refractivity contribution >= 4 is 30.0 Å². The van der Waals surface area contributed by atoms with E-state index in [1.165, 1.54) is 0 Å². The second-order valence-corrected chi connectivity index (χ2v) is 2.03. The van der Waals surface area contributed by atoms with Crippen LogP contribution >= 0.6 is 24.8 Å². The van der Waals surface area contributed by atoms with Crippen LogP contribution in [0.4, 0.5) is 0 Å². The molecule has 0 N–H and O–H groups in total. The van der Waals surface area contributed by atoms with E-state index < -0.39 is 0 Å². The molecule has 0 saturated heterocycles. The maximum Gasteiger partial charge on any atom is 0.0584 e. The lowest BCUT2D eigenvalue weighted by molar-refractivity contribution is 0.820. The lowest BCUT2D eigenvalue weighted by Gasteiger charge is -1.86. The van der Waals surface area contributed by atoms with Crippen LogP contribution in [0.25, 0.3) is 0 Å². The summed E-state index contributed by atoms with van der Waals surface area (Å²) in [6, 6.07) is 0. The number of rotatable bonds is 4. The fourth-order valence-corrected chi connectivity index (χ4v) is 0.663. The number of hydrogen-bond acceptors (Lipinski definition) is 3. The Balaban J connectivity index is 2.82. The van der Waals surface area contributed by atoms with E-state index in [4.69, 9.17) is 0 Å². The molecule has 0 atom stereocenters. The summed E-state index contributed by atoms with van der Waals surface area (Å²) in [5, 5.41) is 2.31. The van der Waals surface area contributed by atoms with E-state index in [0.717, 1.165) is 25.1 Å². The van der Waals surface area contributed by atoms with Gasteiger partial charge in [-0.15, -0.1) is 0 Å². The molecule has 0 aliphatic heterocycles. The summed E-state index contributed by atoms with van der Waals surface area (Å²) in [6.45, 7) is 0.810. The second kappa shape index (κ2) is 7.15. The van der Waals surface area contributed by atoms with Gasteiger partial charge in [-0.1, -0.05) is 0 Å². The molecule has 0 radical (unpaired) electrons. The molecular formula is C5H9NS2. The molecule has 0 aromatic rings. The van der Waals surface area contributed by atoms with Crippen LogP contribution in [0.3, 0.4) is 0 Å². The van der Waals surface area contributed by atoms with Crippen LogP contribution in [-0.2, 0) is 0 Å². The van der Waals surface area contributed by atoms with Crippen molar-refractivity contribution in [2.24, 2.45) is 4.99 Å². The van der Waals surface area contributed by atoms with Crippen molar-refractivity contribution in [3.05, 3.63) is 0 Å². The quantitative estimate of drug-likeness (QED) is 0.277. The van der Waals surface area contributed by atoms with E-state index in [-0.39, 0.29) is 0 Å². The molecule has 1 nitrogen and oxygen atoms in total. The molecule has 0 rings (SSSR count). The van der Waals surface area contributed by atoms with Gasteiger partial charge in [-0.3, -0.25) is 0 Å². The SMILES string of the molecule is S=C=NCCCCS. The zero-order valence-corrected chi connectivity index (χ0v) is 6.34. The van der Waals surface area contributed by atoms with E-state index in [1.54, 1.807) is 0 Å². The van der Waals surface area contributed by atoms with Crippen LogP contribution in [0.2, 0.25) is 0 Å². The normalized spacial score (nSPS) is 8.12. The molecule has 0 amide bonds. The summed E-state index contributed by atoms with van der Waals surface area (Å²) in [5.74, 6) is 0.937. The monoisotopic (exact) mass is 147 g/mol. The van der Waals surface area contributed by atoms with E-state index in [2.05, 4.69) is 35.0 Å². The molecular weight excluding hydrogens is 138 g/mol. The standard InChI is InChI=1S/C5H9NS2/c7-4-2-1-3-6-5-8/h7H,1-4H2. The van der Waals surface area contributed by atoms with Gasteiger partial charge < -0.3 is 0 Å². The highest BCUT2D eigenvalue weighted by molar-refractivity contribution is 7.80. The van der Waals surface area contributed by atoms with Crippen LogP contribution in [0.1, 0.15) is 12.8 Å². The molecule has 0 heterocycles. The first-order valence-electron chi connectivity index (χ1n) is 2.56. The van der Waals surface area contributed by atoms with Crippen LogP contribution < -0.4 is 0 Å². The number of nitrogens with zero attached hydrogens (tertiary/aromatic N) is 1. The van der Waals surface area contributed by atoms with Gasteiger partial charge in [0.25, 0.3) is 0 Å². The highest BCUT2D eigenvalue weighted by Gasteiger charge is 1.79. The maximum absolute atomic E-state index is 4.37. The lowest BCUT2D eigenvalue weighted by atomic mass is 10.3. The first kappa shape index (κ1) is 8.15. The fourth-order valence-electron chi connectivity index (χ4n) is 0.348. The van der Waals surface area contributed by atoms with Gasteiger partial charge in [0, 0.05) is 6.54 Å². The first-order chi connectivity index (χ1) is 3.91. The van der Waals surface area contributed by atoms with Gasteiger partial charge in [-0.05, 0) is 30.8 Å². The highest BCUT2D eigenvalue weighted by Crippen LogP contribution is 1.89. The third kappa shape index (κ3) is 6.15. The predicted molar refractivity (Wildman–Crippen MR) is 43.0 cm³/mol. The Morgan fingerprint density at radius 1 is 1.50 bits per heavy atom. The number of thiol groups is 1. The summed E-state index contributed by atoms with van der Waals surface area (Å²) in [4.78, 5) is 3.74. The molecule has 46 valence electrons. The van der Waals surface area contributed by atoms with Crippen LogP contribution in [0, 0.1) is 0 Å². The highest BCUT2D eigenvalue weighted by atomic mass is 32.1. The summed E-state index contributed by atoms with van der Waals surface area (Å²) in [6.07, 6.45) is 2.19. The van der Waals surface area contributed by atoms with E-state index in [9.17, 15) is 0 Å². The molecule has 3 heteroatoms. The predicted octanol–water partition coefficient (Wildman–Crippen LogP) is 1.80. The number of unbranched alkanes of at least 4 members (excludes halogenated alkanes) is 1. The van der Waals surface area contributed by atoms with Gasteiger partial charge in [0.05, 0.1) is 5.16 Å². The molecule has 0 spiro atoms. The first-order valence-corrected chi connectivity index (χ1v) is 3.60. The minimum Gasteiger partial charge on any atom is -0.233 e. The largest absolute Gasteiger partial charge is 0.233 e. The summed E-state index contributed by atoms with van der Waals surface area (Å²) in [5.41, 5.74) is 0. The number of hydrogen-bond donors (Lipinski definition) is 1. The van der Waals surface area contributed by atoms with Gasteiger partial charge in [0.15, 0.2) is 0 Å². The molecule has 0 aromatic carbocycles. The summed E-state index contributed by atoms with van der Waals surface area (Å²) < 4.78 is 0. The third-order valence-electron chi connectivity index (χ3n) is 0.743. The van der Waals surface area contributed by atoms with E-state index in [0.29, 0.717) is 0 Å². The van der Waals surface area contributed by atoms with Crippen molar-refractivity contribution in [2.75, 3.05) is 12.3 Å². The molecule has 0 fully saturated rings. The van der Waals surface area contributed by atoms with Crippen molar-refractivity contribution in [2.45, 2.75) is 12.8 Å². The molecule has 0 aliphatic rings. The van der Waals surface area contributed by atoms with Gasteiger partial charge in [0.2, 0.25) is 0 Å². The Hall–Kier alpha value is 0.150. The minimum atomic E-state index is 0.810. The van der Waals surface area contributed by atoms with Crippen molar-refractivity contribution in [1.29, 1.82) is 0 Å². The molecule has 0 bridgehead atoms. The summed E-state index contributed by atoms with van der Waals surface area (Å²) in [7, 11) is 0. The Kier molecular flexibility index (Phi) is 7.28. The number of thiocarbonyl (C=S) groups is 1. The van der Waals surface area contributed by atoms with Crippen molar-refractivity contribution in [3.8, 4) is 0 Å².